The summed E-state index contributed by atoms with van der Waals surface area (Å²) in [5.74, 6) is 0.691. The third-order valence-corrected chi connectivity index (χ3v) is 5.07. The molecule has 1 unspecified atom stereocenters. The summed E-state index contributed by atoms with van der Waals surface area (Å²) in [5, 5.41) is 0.199. The van der Waals surface area contributed by atoms with Gasteiger partial charge < -0.3 is 0 Å². The van der Waals surface area contributed by atoms with Crippen molar-refractivity contribution in [2.45, 2.75) is 31.6 Å². The summed E-state index contributed by atoms with van der Waals surface area (Å²) in [6.45, 7) is 2.03. The molecule has 0 radical (unpaired) electrons. The lowest BCUT2D eigenvalue weighted by molar-refractivity contribution is 0.307. The molecule has 0 bridgehead atoms. The number of hydrogen-bond donors (Lipinski definition) is 0. The van der Waals surface area contributed by atoms with E-state index in [1.807, 2.05) is 6.92 Å². The molecular weight excluding hydrogens is 223 g/mol. The molecule has 0 spiro atoms. The number of halogens is 2. The maximum Gasteiger partial charge on any atom is 0.0960 e. The van der Waals surface area contributed by atoms with E-state index < -0.39 is 0 Å². The van der Waals surface area contributed by atoms with Crippen molar-refractivity contribution in [2.75, 3.05) is 0 Å². The van der Waals surface area contributed by atoms with E-state index in [9.17, 15) is 0 Å². The number of thiophene rings is 1. The molecule has 1 fully saturated rings. The highest BCUT2D eigenvalue weighted by Crippen LogP contribution is 2.45. The molecule has 1 atom stereocenters. The van der Waals surface area contributed by atoms with Gasteiger partial charge in [0, 0.05) is 4.88 Å². The van der Waals surface area contributed by atoms with E-state index in [1.54, 1.807) is 11.3 Å². The topological polar surface area (TPSA) is 0 Å². The van der Waals surface area contributed by atoms with Crippen molar-refractivity contribution in [1.29, 1.82) is 0 Å². The van der Waals surface area contributed by atoms with E-state index >= 15 is 0 Å². The Morgan fingerprint density at radius 1 is 1.54 bits per heavy atom. The summed E-state index contributed by atoms with van der Waals surface area (Å²) >= 11 is 14.0. The van der Waals surface area contributed by atoms with Crippen LogP contribution in [0.3, 0.4) is 0 Å². The Labute approximate surface area is 92.9 Å². The van der Waals surface area contributed by atoms with Crippen molar-refractivity contribution in [2.24, 2.45) is 5.92 Å². The Bertz CT molecular complexity index is 282. The molecular formula is C10H12Cl2S. The first-order chi connectivity index (χ1) is 6.18. The Kier molecular flexibility index (Phi) is 2.87. The first-order valence-electron chi connectivity index (χ1n) is 4.58. The van der Waals surface area contributed by atoms with Crippen LogP contribution in [-0.4, -0.2) is 0 Å². The molecule has 1 heterocycles. The second kappa shape index (κ2) is 3.80. The van der Waals surface area contributed by atoms with Crippen molar-refractivity contribution in [3.8, 4) is 0 Å². The van der Waals surface area contributed by atoms with Gasteiger partial charge in [-0.05, 0) is 37.3 Å². The summed E-state index contributed by atoms with van der Waals surface area (Å²) in [4.78, 5) is 1.24. The van der Waals surface area contributed by atoms with Crippen LogP contribution in [0.5, 0.6) is 0 Å². The number of hydrogen-bond acceptors (Lipinski definition) is 1. The van der Waals surface area contributed by atoms with E-state index in [1.165, 1.54) is 24.1 Å². The monoisotopic (exact) mass is 234 g/mol. The molecule has 72 valence electrons. The van der Waals surface area contributed by atoms with Crippen molar-refractivity contribution < 1.29 is 0 Å². The molecule has 0 N–H and O–H groups in total. The van der Waals surface area contributed by atoms with E-state index in [0.29, 0.717) is 5.92 Å². The van der Waals surface area contributed by atoms with Gasteiger partial charge in [-0.25, -0.2) is 0 Å². The highest BCUT2D eigenvalue weighted by molar-refractivity contribution is 7.16. The summed E-state index contributed by atoms with van der Waals surface area (Å²) in [6, 6.07) is 2.13. The molecule has 3 heteroatoms. The van der Waals surface area contributed by atoms with Gasteiger partial charge in [0.2, 0.25) is 0 Å². The second-order valence-corrected chi connectivity index (χ2v) is 5.85. The number of rotatable bonds is 2. The van der Waals surface area contributed by atoms with Crippen LogP contribution in [0.1, 0.15) is 35.1 Å². The summed E-state index contributed by atoms with van der Waals surface area (Å²) in [7, 11) is 0. The van der Waals surface area contributed by atoms with Crippen molar-refractivity contribution in [3.05, 3.63) is 20.8 Å². The van der Waals surface area contributed by atoms with Gasteiger partial charge in [0.05, 0.1) is 9.71 Å². The Morgan fingerprint density at radius 2 is 2.23 bits per heavy atom. The van der Waals surface area contributed by atoms with Crippen molar-refractivity contribution in [3.63, 3.8) is 0 Å². The van der Waals surface area contributed by atoms with Gasteiger partial charge in [0.25, 0.3) is 0 Å². The minimum atomic E-state index is 0.199. The Morgan fingerprint density at radius 3 is 2.62 bits per heavy atom. The minimum absolute atomic E-state index is 0.199. The third-order valence-electron chi connectivity index (χ3n) is 2.71. The van der Waals surface area contributed by atoms with Gasteiger partial charge >= 0.3 is 0 Å². The van der Waals surface area contributed by atoms with Crippen LogP contribution in [-0.2, 0) is 0 Å². The maximum atomic E-state index is 6.35. The maximum absolute atomic E-state index is 6.35. The largest absolute Gasteiger partial charge is 0.127 e. The SMILES string of the molecule is Cc1cc(C(Cl)C2CCC2)sc1Cl. The molecule has 0 nitrogen and oxygen atoms in total. The highest BCUT2D eigenvalue weighted by atomic mass is 35.5. The van der Waals surface area contributed by atoms with Crippen LogP contribution in [0.25, 0.3) is 0 Å². The highest BCUT2D eigenvalue weighted by Gasteiger charge is 2.28. The fraction of sp³-hybridized carbons (Fsp3) is 0.600. The molecule has 1 aromatic heterocycles. The fourth-order valence-electron chi connectivity index (χ4n) is 1.58. The lowest BCUT2D eigenvalue weighted by Gasteiger charge is -2.29. The second-order valence-electron chi connectivity index (χ2n) is 3.70. The van der Waals surface area contributed by atoms with Crippen molar-refractivity contribution in [1.82, 2.24) is 0 Å². The summed E-state index contributed by atoms with van der Waals surface area (Å²) < 4.78 is 0.889. The van der Waals surface area contributed by atoms with Crippen LogP contribution in [0.2, 0.25) is 4.34 Å². The molecule has 1 saturated carbocycles. The van der Waals surface area contributed by atoms with E-state index in [4.69, 9.17) is 23.2 Å². The molecule has 0 aliphatic heterocycles. The van der Waals surface area contributed by atoms with Crippen LogP contribution >= 0.6 is 34.5 Å². The van der Waals surface area contributed by atoms with Gasteiger partial charge in [-0.3, -0.25) is 0 Å². The molecule has 1 aliphatic carbocycles. The first-order valence-corrected chi connectivity index (χ1v) is 6.21. The van der Waals surface area contributed by atoms with Gasteiger partial charge in [-0.1, -0.05) is 18.0 Å². The van der Waals surface area contributed by atoms with Crippen LogP contribution in [0, 0.1) is 12.8 Å². The minimum Gasteiger partial charge on any atom is -0.127 e. The molecule has 1 aromatic rings. The van der Waals surface area contributed by atoms with Gasteiger partial charge in [0.15, 0.2) is 0 Å². The predicted molar refractivity (Wildman–Crippen MR) is 60.0 cm³/mol. The molecule has 2 rings (SSSR count). The Hall–Kier alpha value is 0.280. The van der Waals surface area contributed by atoms with E-state index in [-0.39, 0.29) is 5.38 Å². The third kappa shape index (κ3) is 1.88. The molecule has 0 aromatic carbocycles. The van der Waals surface area contributed by atoms with Crippen molar-refractivity contribution >= 4 is 34.5 Å². The van der Waals surface area contributed by atoms with Crippen LogP contribution in [0.15, 0.2) is 6.07 Å². The van der Waals surface area contributed by atoms with E-state index in [2.05, 4.69) is 6.07 Å². The molecule has 13 heavy (non-hydrogen) atoms. The predicted octanol–water partition coefficient (Wildman–Crippen LogP) is 4.79. The number of alkyl halides is 1. The smallest absolute Gasteiger partial charge is 0.0960 e. The summed E-state index contributed by atoms with van der Waals surface area (Å²) in [5.41, 5.74) is 1.16. The van der Waals surface area contributed by atoms with E-state index in [0.717, 1.165) is 9.90 Å². The fourth-order valence-corrected chi connectivity index (χ4v) is 3.32. The first kappa shape index (κ1) is 9.82. The molecule has 0 saturated heterocycles. The standard InChI is InChI=1S/C10H12Cl2S/c1-6-5-8(13-10(6)12)9(11)7-3-2-4-7/h5,7,9H,2-4H2,1H3. The molecule has 0 amide bonds. The quantitative estimate of drug-likeness (QED) is 0.646. The zero-order valence-corrected chi connectivity index (χ0v) is 9.85. The lowest BCUT2D eigenvalue weighted by Crippen LogP contribution is -2.15. The lowest BCUT2D eigenvalue weighted by atomic mass is 9.82. The van der Waals surface area contributed by atoms with Gasteiger partial charge in [-0.15, -0.1) is 22.9 Å². The average molecular weight is 235 g/mol. The number of aryl methyl sites for hydroxylation is 1. The molecule has 1 aliphatic rings. The van der Waals surface area contributed by atoms with Crippen LogP contribution in [0.4, 0.5) is 0 Å². The normalized spacial score (nSPS) is 19.9. The van der Waals surface area contributed by atoms with Crippen LogP contribution < -0.4 is 0 Å². The Balaban J connectivity index is 2.14. The average Bonchev–Trinajstić information content (AvgIpc) is 2.28. The summed E-state index contributed by atoms with van der Waals surface area (Å²) in [6.07, 6.45) is 3.90. The zero-order chi connectivity index (χ0) is 9.42. The zero-order valence-electron chi connectivity index (χ0n) is 7.52. The van der Waals surface area contributed by atoms with Gasteiger partial charge in [0.1, 0.15) is 0 Å². The van der Waals surface area contributed by atoms with Gasteiger partial charge in [-0.2, -0.15) is 0 Å².